The van der Waals surface area contributed by atoms with E-state index in [1.54, 1.807) is 6.26 Å². The zero-order valence-electron chi connectivity index (χ0n) is 18.3. The van der Waals surface area contributed by atoms with E-state index >= 15 is 0 Å². The molecular weight excluding hydrogens is 436 g/mol. The first-order chi connectivity index (χ1) is 16.1. The summed E-state index contributed by atoms with van der Waals surface area (Å²) in [5.74, 6) is 1.12. The van der Waals surface area contributed by atoms with Gasteiger partial charge in [-0.3, -0.25) is 4.79 Å². The van der Waals surface area contributed by atoms with Crippen LogP contribution >= 0.6 is 11.8 Å². The molecule has 0 radical (unpaired) electrons. The summed E-state index contributed by atoms with van der Waals surface area (Å²) in [6.45, 7) is 4.03. The van der Waals surface area contributed by atoms with E-state index < -0.39 is 0 Å². The fourth-order valence-electron chi connectivity index (χ4n) is 3.74. The van der Waals surface area contributed by atoms with Gasteiger partial charge in [0.25, 0.3) is 11.1 Å². The lowest BCUT2D eigenvalue weighted by atomic mass is 10.0. The second kappa shape index (κ2) is 9.07. The van der Waals surface area contributed by atoms with Crippen molar-refractivity contribution in [3.05, 3.63) is 89.4 Å². The Balaban J connectivity index is 1.32. The first-order valence-electron chi connectivity index (χ1n) is 10.6. The van der Waals surface area contributed by atoms with Gasteiger partial charge in [0.05, 0.1) is 17.7 Å². The summed E-state index contributed by atoms with van der Waals surface area (Å²) in [5, 5.41) is 14.7. The van der Waals surface area contributed by atoms with Crippen LogP contribution in [-0.4, -0.2) is 32.6 Å². The van der Waals surface area contributed by atoms with Crippen LogP contribution in [0.25, 0.3) is 11.5 Å². The molecule has 1 aliphatic heterocycles. The molecule has 5 rings (SSSR count). The highest BCUT2D eigenvalue weighted by Crippen LogP contribution is 2.34. The van der Waals surface area contributed by atoms with Crippen molar-refractivity contribution in [1.82, 2.24) is 15.2 Å². The van der Waals surface area contributed by atoms with Crippen molar-refractivity contribution < 1.29 is 13.6 Å². The van der Waals surface area contributed by atoms with Crippen molar-refractivity contribution in [2.75, 3.05) is 5.75 Å². The average molecular weight is 459 g/mol. The SMILES string of the molecule is Cc1ccc(C2=NN(C(=O)CSc3nnc(-c4ccccc4C)o3)C(c3ccco3)C2)cc1. The molecule has 0 N–H and O–H groups in total. The van der Waals surface area contributed by atoms with Gasteiger partial charge in [-0.15, -0.1) is 10.2 Å². The molecule has 1 aliphatic rings. The predicted octanol–water partition coefficient (Wildman–Crippen LogP) is 5.42. The van der Waals surface area contributed by atoms with Gasteiger partial charge in [0.2, 0.25) is 5.89 Å². The van der Waals surface area contributed by atoms with E-state index in [0.717, 1.165) is 22.4 Å². The van der Waals surface area contributed by atoms with E-state index in [1.165, 1.54) is 22.3 Å². The zero-order valence-corrected chi connectivity index (χ0v) is 19.1. The number of aryl methyl sites for hydroxylation is 2. The van der Waals surface area contributed by atoms with Crippen molar-refractivity contribution in [1.29, 1.82) is 0 Å². The van der Waals surface area contributed by atoms with Crippen molar-refractivity contribution in [2.45, 2.75) is 31.5 Å². The second-order valence-corrected chi connectivity index (χ2v) is 8.79. The number of benzene rings is 2. The zero-order chi connectivity index (χ0) is 22.8. The Morgan fingerprint density at radius 3 is 2.64 bits per heavy atom. The van der Waals surface area contributed by atoms with Crippen molar-refractivity contribution >= 4 is 23.4 Å². The lowest BCUT2D eigenvalue weighted by Crippen LogP contribution is -2.28. The number of amides is 1. The van der Waals surface area contributed by atoms with E-state index in [2.05, 4.69) is 15.3 Å². The third-order valence-corrected chi connectivity index (χ3v) is 6.33. The molecule has 2 aromatic heterocycles. The quantitative estimate of drug-likeness (QED) is 0.359. The molecule has 1 unspecified atom stereocenters. The van der Waals surface area contributed by atoms with Gasteiger partial charge < -0.3 is 8.83 Å². The van der Waals surface area contributed by atoms with Crippen molar-refractivity contribution in [3.63, 3.8) is 0 Å². The van der Waals surface area contributed by atoms with E-state index in [9.17, 15) is 4.79 Å². The number of furan rings is 1. The molecule has 3 heterocycles. The third kappa shape index (κ3) is 4.47. The maximum absolute atomic E-state index is 13.2. The first kappa shape index (κ1) is 21.2. The van der Waals surface area contributed by atoms with Crippen LogP contribution in [0.4, 0.5) is 0 Å². The Kier molecular flexibility index (Phi) is 5.83. The van der Waals surface area contributed by atoms with Gasteiger partial charge in [-0.05, 0) is 43.2 Å². The molecule has 7 nitrogen and oxygen atoms in total. The number of aromatic nitrogens is 2. The number of hydrogen-bond donors (Lipinski definition) is 0. The Bertz CT molecular complexity index is 1300. The molecule has 4 aromatic rings. The first-order valence-corrected chi connectivity index (χ1v) is 11.6. The summed E-state index contributed by atoms with van der Waals surface area (Å²) in [5.41, 5.74) is 4.96. The maximum Gasteiger partial charge on any atom is 0.277 e. The smallest absolute Gasteiger partial charge is 0.277 e. The second-order valence-electron chi connectivity index (χ2n) is 7.86. The van der Waals surface area contributed by atoms with E-state index in [4.69, 9.17) is 8.83 Å². The number of nitrogens with zero attached hydrogens (tertiary/aromatic N) is 4. The molecule has 8 heteroatoms. The van der Waals surface area contributed by atoms with Crippen molar-refractivity contribution in [3.8, 4) is 11.5 Å². The highest BCUT2D eigenvalue weighted by atomic mass is 32.2. The minimum Gasteiger partial charge on any atom is -0.467 e. The minimum atomic E-state index is -0.283. The molecule has 0 spiro atoms. The van der Waals surface area contributed by atoms with E-state index in [1.807, 2.05) is 74.5 Å². The molecule has 1 atom stereocenters. The average Bonchev–Trinajstić information content (AvgIpc) is 3.59. The highest BCUT2D eigenvalue weighted by Gasteiger charge is 2.35. The Labute approximate surface area is 195 Å². The van der Waals surface area contributed by atoms with Crippen LogP contribution in [0, 0.1) is 13.8 Å². The van der Waals surface area contributed by atoms with Gasteiger partial charge in [0.1, 0.15) is 11.8 Å². The molecule has 0 aliphatic carbocycles. The lowest BCUT2D eigenvalue weighted by Gasteiger charge is -2.19. The fourth-order valence-corrected chi connectivity index (χ4v) is 4.36. The molecule has 0 saturated carbocycles. The molecule has 1 amide bonds. The number of carbonyl (C=O) groups excluding carboxylic acids is 1. The summed E-state index contributed by atoms with van der Waals surface area (Å²) >= 11 is 1.20. The third-order valence-electron chi connectivity index (χ3n) is 5.52. The Morgan fingerprint density at radius 1 is 1.06 bits per heavy atom. The fraction of sp³-hybridized carbons (Fsp3) is 0.200. The van der Waals surface area contributed by atoms with E-state index in [-0.39, 0.29) is 17.7 Å². The minimum absolute atomic E-state index is 0.122. The predicted molar refractivity (Wildman–Crippen MR) is 126 cm³/mol. The van der Waals surface area contributed by atoms with Gasteiger partial charge in [0, 0.05) is 12.0 Å². The van der Waals surface area contributed by atoms with Crippen LogP contribution in [0.1, 0.15) is 34.9 Å². The molecular formula is C25H22N4O3S. The van der Waals surface area contributed by atoms with E-state index in [0.29, 0.717) is 23.3 Å². The Hall–Kier alpha value is -3.65. The number of hydrazone groups is 1. The summed E-state index contributed by atoms with van der Waals surface area (Å²) in [4.78, 5) is 13.2. The summed E-state index contributed by atoms with van der Waals surface area (Å²) in [6, 6.07) is 19.4. The monoisotopic (exact) mass is 458 g/mol. The standard InChI is InChI=1S/C25H22N4O3S/c1-16-9-11-18(12-10-16)20-14-21(22-8-5-13-31-22)29(28-20)23(30)15-33-25-27-26-24(32-25)19-7-4-3-6-17(19)2/h3-13,21H,14-15H2,1-2H3. The maximum atomic E-state index is 13.2. The summed E-state index contributed by atoms with van der Waals surface area (Å²) in [6.07, 6.45) is 2.20. The van der Waals surface area contributed by atoms with Gasteiger partial charge in [0.15, 0.2) is 0 Å². The molecule has 0 bridgehead atoms. The summed E-state index contributed by atoms with van der Waals surface area (Å²) < 4.78 is 11.4. The van der Waals surface area contributed by atoms with Crippen molar-refractivity contribution in [2.24, 2.45) is 5.10 Å². The van der Waals surface area contributed by atoms with Crippen LogP contribution in [-0.2, 0) is 4.79 Å². The number of rotatable bonds is 6. The van der Waals surface area contributed by atoms with Crippen LogP contribution < -0.4 is 0 Å². The van der Waals surface area contributed by atoms with Crippen LogP contribution in [0.2, 0.25) is 0 Å². The lowest BCUT2D eigenvalue weighted by molar-refractivity contribution is -0.130. The molecule has 0 fully saturated rings. The number of carbonyl (C=O) groups is 1. The van der Waals surface area contributed by atoms with Crippen LogP contribution in [0.15, 0.2) is 86.1 Å². The Morgan fingerprint density at radius 2 is 1.88 bits per heavy atom. The largest absolute Gasteiger partial charge is 0.467 e. The van der Waals surface area contributed by atoms with Gasteiger partial charge in [-0.25, -0.2) is 5.01 Å². The normalized spacial score (nSPS) is 15.6. The van der Waals surface area contributed by atoms with Crippen LogP contribution in [0.3, 0.4) is 0 Å². The number of thioether (sulfide) groups is 1. The topological polar surface area (TPSA) is 84.7 Å². The van der Waals surface area contributed by atoms with Gasteiger partial charge >= 0.3 is 0 Å². The molecule has 2 aromatic carbocycles. The summed E-state index contributed by atoms with van der Waals surface area (Å²) in [7, 11) is 0. The molecule has 0 saturated heterocycles. The van der Waals surface area contributed by atoms with Gasteiger partial charge in [-0.1, -0.05) is 59.8 Å². The van der Waals surface area contributed by atoms with Crippen LogP contribution in [0.5, 0.6) is 0 Å². The molecule has 33 heavy (non-hydrogen) atoms. The molecule has 166 valence electrons. The highest BCUT2D eigenvalue weighted by molar-refractivity contribution is 7.99. The number of hydrogen-bond acceptors (Lipinski definition) is 7. The van der Waals surface area contributed by atoms with Gasteiger partial charge in [-0.2, -0.15) is 5.10 Å².